The van der Waals surface area contributed by atoms with E-state index in [0.717, 1.165) is 12.5 Å². The van der Waals surface area contributed by atoms with Crippen molar-refractivity contribution in [1.82, 2.24) is 10.3 Å². The van der Waals surface area contributed by atoms with Crippen molar-refractivity contribution >= 4 is 0 Å². The van der Waals surface area contributed by atoms with Crippen molar-refractivity contribution in [2.75, 3.05) is 6.54 Å². The lowest BCUT2D eigenvalue weighted by atomic mass is 10.0. The average Bonchev–Trinajstić information content (AvgIpc) is 3.13. The van der Waals surface area contributed by atoms with Crippen LogP contribution in [-0.4, -0.2) is 11.5 Å². The van der Waals surface area contributed by atoms with Gasteiger partial charge in [0, 0.05) is 25.5 Å². The van der Waals surface area contributed by atoms with Crippen LogP contribution < -0.4 is 5.32 Å². The summed E-state index contributed by atoms with van der Waals surface area (Å²) in [5.74, 6) is 1.05. The molecule has 2 heteroatoms. The molecule has 2 fully saturated rings. The number of aromatic nitrogens is 1. The summed E-state index contributed by atoms with van der Waals surface area (Å²) in [5, 5.41) is 3.61. The minimum absolute atomic E-state index is 0.706. The second-order valence-corrected chi connectivity index (χ2v) is 5.61. The first-order valence-electron chi connectivity index (χ1n) is 6.40. The average molecular weight is 216 g/mol. The Labute approximate surface area is 97.5 Å². The Hall–Kier alpha value is -0.890. The number of rotatable bonds is 5. The van der Waals surface area contributed by atoms with Gasteiger partial charge in [-0.1, -0.05) is 6.07 Å². The van der Waals surface area contributed by atoms with Gasteiger partial charge >= 0.3 is 0 Å². The van der Waals surface area contributed by atoms with E-state index in [1.807, 2.05) is 12.4 Å². The Morgan fingerprint density at radius 1 is 1.38 bits per heavy atom. The number of hydrogen-bond acceptors (Lipinski definition) is 2. The SMILES string of the molecule is Cc1cncc(CNCC2(C3CC3)CC2)c1. The second-order valence-electron chi connectivity index (χ2n) is 5.61. The van der Waals surface area contributed by atoms with Crippen molar-refractivity contribution in [1.29, 1.82) is 0 Å². The van der Waals surface area contributed by atoms with Gasteiger partial charge < -0.3 is 5.32 Å². The Balaban J connectivity index is 1.50. The lowest BCUT2D eigenvalue weighted by Crippen LogP contribution is -2.25. The van der Waals surface area contributed by atoms with E-state index >= 15 is 0 Å². The molecule has 3 rings (SSSR count). The highest BCUT2D eigenvalue weighted by molar-refractivity contribution is 5.16. The van der Waals surface area contributed by atoms with E-state index in [4.69, 9.17) is 0 Å². The van der Waals surface area contributed by atoms with E-state index in [1.165, 1.54) is 43.4 Å². The first kappa shape index (κ1) is 10.3. The molecule has 16 heavy (non-hydrogen) atoms. The molecule has 0 bridgehead atoms. The van der Waals surface area contributed by atoms with Gasteiger partial charge in [0.25, 0.3) is 0 Å². The molecule has 0 aromatic carbocycles. The molecule has 2 aliphatic carbocycles. The third-order valence-electron chi connectivity index (χ3n) is 4.07. The van der Waals surface area contributed by atoms with Crippen LogP contribution in [0.25, 0.3) is 0 Å². The van der Waals surface area contributed by atoms with Crippen LogP contribution in [0.3, 0.4) is 0 Å². The van der Waals surface area contributed by atoms with E-state index in [9.17, 15) is 0 Å². The second kappa shape index (κ2) is 3.85. The molecule has 0 radical (unpaired) electrons. The van der Waals surface area contributed by atoms with Crippen molar-refractivity contribution in [2.24, 2.45) is 11.3 Å². The van der Waals surface area contributed by atoms with Gasteiger partial charge in [0.15, 0.2) is 0 Å². The summed E-state index contributed by atoms with van der Waals surface area (Å²) < 4.78 is 0. The summed E-state index contributed by atoms with van der Waals surface area (Å²) in [5.41, 5.74) is 3.27. The summed E-state index contributed by atoms with van der Waals surface area (Å²) in [6, 6.07) is 2.22. The maximum atomic E-state index is 4.22. The third-order valence-corrected chi connectivity index (χ3v) is 4.07. The fourth-order valence-corrected chi connectivity index (χ4v) is 2.76. The number of aryl methyl sites for hydroxylation is 1. The predicted octanol–water partition coefficient (Wildman–Crippen LogP) is 2.67. The van der Waals surface area contributed by atoms with Crippen LogP contribution in [0.15, 0.2) is 18.5 Å². The molecule has 2 nitrogen and oxygen atoms in total. The van der Waals surface area contributed by atoms with E-state index in [1.54, 1.807) is 0 Å². The van der Waals surface area contributed by atoms with Gasteiger partial charge in [-0.2, -0.15) is 0 Å². The van der Waals surface area contributed by atoms with Crippen molar-refractivity contribution in [2.45, 2.75) is 39.2 Å². The molecule has 0 atom stereocenters. The lowest BCUT2D eigenvalue weighted by Gasteiger charge is -2.14. The molecule has 1 aromatic heterocycles. The largest absolute Gasteiger partial charge is 0.312 e. The molecule has 0 spiro atoms. The normalized spacial score (nSPS) is 22.1. The standard InChI is InChI=1S/C14H20N2/c1-11-6-12(8-15-7-11)9-16-10-14(4-5-14)13-2-3-13/h6-8,13,16H,2-5,9-10H2,1H3. The highest BCUT2D eigenvalue weighted by Crippen LogP contribution is 2.60. The van der Waals surface area contributed by atoms with Crippen molar-refractivity contribution in [3.05, 3.63) is 29.6 Å². The van der Waals surface area contributed by atoms with Gasteiger partial charge in [-0.15, -0.1) is 0 Å². The Kier molecular flexibility index (Phi) is 2.47. The predicted molar refractivity (Wildman–Crippen MR) is 65.1 cm³/mol. The van der Waals surface area contributed by atoms with Gasteiger partial charge in [-0.05, 0) is 55.1 Å². The molecule has 1 N–H and O–H groups in total. The zero-order chi connectivity index (χ0) is 11.0. The first-order chi connectivity index (χ1) is 7.78. The van der Waals surface area contributed by atoms with E-state index in [-0.39, 0.29) is 0 Å². The number of hydrogen-bond donors (Lipinski definition) is 1. The molecule has 1 heterocycles. The Bertz CT molecular complexity index is 378. The summed E-state index contributed by atoms with van der Waals surface area (Å²) in [4.78, 5) is 4.22. The molecule has 0 unspecified atom stereocenters. The highest BCUT2D eigenvalue weighted by atomic mass is 14.9. The minimum Gasteiger partial charge on any atom is -0.312 e. The smallest absolute Gasteiger partial charge is 0.0313 e. The zero-order valence-electron chi connectivity index (χ0n) is 10.00. The first-order valence-corrected chi connectivity index (χ1v) is 6.40. The van der Waals surface area contributed by atoms with Crippen molar-refractivity contribution in [3.63, 3.8) is 0 Å². The van der Waals surface area contributed by atoms with Crippen LogP contribution in [0.5, 0.6) is 0 Å². The number of nitrogens with one attached hydrogen (secondary N) is 1. The van der Waals surface area contributed by atoms with Gasteiger partial charge in [0.05, 0.1) is 0 Å². The molecule has 2 saturated carbocycles. The van der Waals surface area contributed by atoms with Crippen LogP contribution in [0.2, 0.25) is 0 Å². The van der Waals surface area contributed by atoms with Crippen molar-refractivity contribution in [3.8, 4) is 0 Å². The fourth-order valence-electron chi connectivity index (χ4n) is 2.76. The molecule has 2 aliphatic rings. The number of nitrogens with zero attached hydrogens (tertiary/aromatic N) is 1. The molecule has 0 amide bonds. The van der Waals surface area contributed by atoms with Gasteiger partial charge in [0.2, 0.25) is 0 Å². The molecule has 86 valence electrons. The van der Waals surface area contributed by atoms with Crippen LogP contribution in [0, 0.1) is 18.3 Å². The highest BCUT2D eigenvalue weighted by Gasteiger charge is 2.53. The summed E-state index contributed by atoms with van der Waals surface area (Å²) >= 11 is 0. The maximum absolute atomic E-state index is 4.22. The molecule has 0 aliphatic heterocycles. The van der Waals surface area contributed by atoms with Crippen molar-refractivity contribution < 1.29 is 0 Å². The Morgan fingerprint density at radius 2 is 2.19 bits per heavy atom. The summed E-state index contributed by atoms with van der Waals surface area (Å²) in [6.45, 7) is 4.29. The van der Waals surface area contributed by atoms with Crippen LogP contribution in [0.1, 0.15) is 36.8 Å². The van der Waals surface area contributed by atoms with Crippen LogP contribution >= 0.6 is 0 Å². The third kappa shape index (κ3) is 2.12. The molecule has 1 aromatic rings. The minimum atomic E-state index is 0.706. The van der Waals surface area contributed by atoms with Crippen LogP contribution in [-0.2, 0) is 6.54 Å². The lowest BCUT2D eigenvalue weighted by molar-refractivity contribution is 0.403. The topological polar surface area (TPSA) is 24.9 Å². The fraction of sp³-hybridized carbons (Fsp3) is 0.643. The van der Waals surface area contributed by atoms with Gasteiger partial charge in [-0.3, -0.25) is 4.98 Å². The zero-order valence-corrected chi connectivity index (χ0v) is 10.00. The molecular weight excluding hydrogens is 196 g/mol. The van der Waals surface area contributed by atoms with Gasteiger partial charge in [-0.25, -0.2) is 0 Å². The van der Waals surface area contributed by atoms with E-state index in [2.05, 4.69) is 23.3 Å². The number of pyridine rings is 1. The maximum Gasteiger partial charge on any atom is 0.0313 e. The summed E-state index contributed by atoms with van der Waals surface area (Å²) in [7, 11) is 0. The molecule has 0 saturated heterocycles. The quantitative estimate of drug-likeness (QED) is 0.818. The monoisotopic (exact) mass is 216 g/mol. The Morgan fingerprint density at radius 3 is 2.81 bits per heavy atom. The summed E-state index contributed by atoms with van der Waals surface area (Å²) in [6.07, 6.45) is 9.75. The van der Waals surface area contributed by atoms with E-state index in [0.29, 0.717) is 5.41 Å². The van der Waals surface area contributed by atoms with Crippen LogP contribution in [0.4, 0.5) is 0 Å². The molecular formula is C14H20N2. The van der Waals surface area contributed by atoms with E-state index < -0.39 is 0 Å². The van der Waals surface area contributed by atoms with Gasteiger partial charge in [0.1, 0.15) is 0 Å².